The van der Waals surface area contributed by atoms with Gasteiger partial charge >= 0.3 is 0 Å². The summed E-state index contributed by atoms with van der Waals surface area (Å²) < 4.78 is 16.6. The van der Waals surface area contributed by atoms with Crippen molar-refractivity contribution in [2.24, 2.45) is 0 Å². The molecule has 0 bridgehead atoms. The van der Waals surface area contributed by atoms with Crippen LogP contribution in [0.4, 0.5) is 5.69 Å². The molecule has 0 saturated heterocycles. The average Bonchev–Trinajstić information content (AvgIpc) is 3.32. The molecule has 1 aromatic heterocycles. The summed E-state index contributed by atoms with van der Waals surface area (Å²) in [5.74, 6) is 1.31. The summed E-state index contributed by atoms with van der Waals surface area (Å²) in [7, 11) is 3.15. The quantitative estimate of drug-likeness (QED) is 0.345. The number of nitrogens with one attached hydrogen (secondary N) is 1. The third kappa shape index (κ3) is 5.35. The highest BCUT2D eigenvalue weighted by Gasteiger charge is 2.26. The van der Waals surface area contributed by atoms with Crippen molar-refractivity contribution in [1.29, 1.82) is 0 Å². The van der Waals surface area contributed by atoms with E-state index in [1.165, 1.54) is 11.8 Å². The van der Waals surface area contributed by atoms with Gasteiger partial charge in [-0.15, -0.1) is 10.2 Å². The number of ether oxygens (including phenoxy) is 2. The van der Waals surface area contributed by atoms with Gasteiger partial charge in [0.2, 0.25) is 5.91 Å². The Hall–Kier alpha value is -3.78. The van der Waals surface area contributed by atoms with E-state index in [1.54, 1.807) is 32.4 Å². The van der Waals surface area contributed by atoms with Gasteiger partial charge in [0.15, 0.2) is 0 Å². The van der Waals surface area contributed by atoms with E-state index in [4.69, 9.17) is 13.9 Å². The minimum absolute atomic E-state index is 0.183. The number of nitrogens with zero attached hydrogens (tertiary/aromatic N) is 2. The van der Waals surface area contributed by atoms with Crippen LogP contribution < -0.4 is 14.8 Å². The molecule has 4 rings (SSSR count). The zero-order valence-electron chi connectivity index (χ0n) is 18.4. The Morgan fingerprint density at radius 2 is 1.73 bits per heavy atom. The molecule has 168 valence electrons. The molecule has 1 N–H and O–H groups in total. The monoisotopic (exact) mass is 461 g/mol. The van der Waals surface area contributed by atoms with E-state index in [0.29, 0.717) is 23.0 Å². The molecular weight excluding hydrogens is 438 g/mol. The van der Waals surface area contributed by atoms with Crippen LogP contribution in [0.15, 0.2) is 82.4 Å². The second-order valence-corrected chi connectivity index (χ2v) is 8.26. The lowest BCUT2D eigenvalue weighted by atomic mass is 10.1. The lowest BCUT2D eigenvalue weighted by Crippen LogP contribution is -2.19. The van der Waals surface area contributed by atoms with E-state index in [2.05, 4.69) is 15.5 Å². The molecule has 0 radical (unpaired) electrons. The summed E-state index contributed by atoms with van der Waals surface area (Å²) in [6.45, 7) is 2.00. The number of benzene rings is 3. The lowest BCUT2D eigenvalue weighted by Gasteiger charge is -2.15. The molecule has 0 fully saturated rings. The van der Waals surface area contributed by atoms with Gasteiger partial charge < -0.3 is 19.2 Å². The zero-order chi connectivity index (χ0) is 23.2. The first-order valence-corrected chi connectivity index (χ1v) is 11.1. The molecule has 1 unspecified atom stereocenters. The summed E-state index contributed by atoms with van der Waals surface area (Å²) in [5, 5.41) is 11.0. The standard InChI is InChI=1S/C25H23N3O4S/c1-16-9-11-18(12-10-16)26-23(29)22(17-7-5-4-6-8-17)33-25-28-27-24(32-25)20-14-13-19(30-2)15-21(20)31-3/h4-15,22H,1-3H3,(H,26,29). The molecule has 8 heteroatoms. The van der Waals surface area contributed by atoms with Gasteiger partial charge in [0.1, 0.15) is 16.7 Å². The summed E-state index contributed by atoms with van der Waals surface area (Å²) in [6, 6.07) is 22.5. The van der Waals surface area contributed by atoms with Gasteiger partial charge in [-0.25, -0.2) is 0 Å². The number of aromatic nitrogens is 2. The number of carbonyl (C=O) groups excluding carboxylic acids is 1. The Morgan fingerprint density at radius 1 is 0.970 bits per heavy atom. The van der Waals surface area contributed by atoms with Gasteiger partial charge in [-0.3, -0.25) is 4.79 Å². The topological polar surface area (TPSA) is 86.5 Å². The van der Waals surface area contributed by atoms with Crippen LogP contribution >= 0.6 is 11.8 Å². The molecule has 0 aliphatic carbocycles. The van der Waals surface area contributed by atoms with Crippen molar-refractivity contribution in [3.8, 4) is 23.0 Å². The first kappa shape index (κ1) is 22.4. The highest BCUT2D eigenvalue weighted by molar-refractivity contribution is 8.00. The Morgan fingerprint density at radius 3 is 2.42 bits per heavy atom. The minimum Gasteiger partial charge on any atom is -0.497 e. The Labute approximate surface area is 196 Å². The van der Waals surface area contributed by atoms with E-state index in [0.717, 1.165) is 16.8 Å². The van der Waals surface area contributed by atoms with Crippen LogP contribution in [0, 0.1) is 6.92 Å². The maximum Gasteiger partial charge on any atom is 0.277 e. The first-order valence-electron chi connectivity index (χ1n) is 10.2. The van der Waals surface area contributed by atoms with Crippen LogP contribution in [0.3, 0.4) is 0 Å². The van der Waals surface area contributed by atoms with Gasteiger partial charge in [0.05, 0.1) is 19.8 Å². The molecule has 0 aliphatic rings. The third-order valence-corrected chi connectivity index (χ3v) is 6.01. The molecular formula is C25H23N3O4S. The fourth-order valence-electron chi connectivity index (χ4n) is 3.19. The number of anilines is 1. The van der Waals surface area contributed by atoms with Crippen molar-refractivity contribution < 1.29 is 18.7 Å². The molecule has 33 heavy (non-hydrogen) atoms. The van der Waals surface area contributed by atoms with E-state index in [-0.39, 0.29) is 11.1 Å². The Kier molecular flexibility index (Phi) is 6.95. The maximum atomic E-state index is 13.2. The highest BCUT2D eigenvalue weighted by atomic mass is 32.2. The molecule has 0 spiro atoms. The van der Waals surface area contributed by atoms with Gasteiger partial charge in [0.25, 0.3) is 11.1 Å². The number of amides is 1. The molecule has 0 aliphatic heterocycles. The molecule has 0 saturated carbocycles. The molecule has 1 amide bonds. The summed E-state index contributed by atoms with van der Waals surface area (Å²) >= 11 is 1.19. The number of carbonyl (C=O) groups is 1. The van der Waals surface area contributed by atoms with Gasteiger partial charge in [-0.1, -0.05) is 48.0 Å². The largest absolute Gasteiger partial charge is 0.497 e. The van der Waals surface area contributed by atoms with Crippen LogP contribution in [0.25, 0.3) is 11.5 Å². The normalized spacial score (nSPS) is 11.6. The number of hydrogen-bond donors (Lipinski definition) is 1. The second-order valence-electron chi connectivity index (χ2n) is 7.20. The predicted octanol–water partition coefficient (Wildman–Crippen LogP) is 5.53. The Balaban J connectivity index is 1.59. The first-order chi connectivity index (χ1) is 16.1. The van der Waals surface area contributed by atoms with Gasteiger partial charge in [0, 0.05) is 11.8 Å². The number of thioether (sulfide) groups is 1. The Bertz CT molecular complexity index is 1230. The van der Waals surface area contributed by atoms with Gasteiger partial charge in [-0.2, -0.15) is 0 Å². The number of hydrogen-bond acceptors (Lipinski definition) is 7. The van der Waals surface area contributed by atoms with Gasteiger partial charge in [-0.05, 0) is 48.5 Å². The molecule has 1 atom stereocenters. The van der Waals surface area contributed by atoms with Crippen molar-refractivity contribution in [2.75, 3.05) is 19.5 Å². The minimum atomic E-state index is -0.585. The summed E-state index contributed by atoms with van der Waals surface area (Å²) in [4.78, 5) is 13.2. The number of rotatable bonds is 8. The SMILES string of the molecule is COc1ccc(-c2nnc(SC(C(=O)Nc3ccc(C)cc3)c3ccccc3)o2)c(OC)c1. The summed E-state index contributed by atoms with van der Waals surface area (Å²) in [6.07, 6.45) is 0. The summed E-state index contributed by atoms with van der Waals surface area (Å²) in [5.41, 5.74) is 3.31. The van der Waals surface area contributed by atoms with Crippen molar-refractivity contribution >= 4 is 23.4 Å². The number of aryl methyl sites for hydroxylation is 1. The number of methoxy groups -OCH3 is 2. The van der Waals surface area contributed by atoms with Crippen LogP contribution in [-0.2, 0) is 4.79 Å². The van der Waals surface area contributed by atoms with Crippen molar-refractivity contribution in [2.45, 2.75) is 17.4 Å². The molecule has 1 heterocycles. The predicted molar refractivity (Wildman–Crippen MR) is 128 cm³/mol. The zero-order valence-corrected chi connectivity index (χ0v) is 19.3. The van der Waals surface area contributed by atoms with E-state index < -0.39 is 5.25 Å². The van der Waals surface area contributed by atoms with Crippen LogP contribution in [0.5, 0.6) is 11.5 Å². The van der Waals surface area contributed by atoms with Crippen molar-refractivity contribution in [3.05, 3.63) is 83.9 Å². The fourth-order valence-corrected chi connectivity index (χ4v) is 4.06. The average molecular weight is 462 g/mol. The molecule has 3 aromatic carbocycles. The van der Waals surface area contributed by atoms with E-state index in [9.17, 15) is 4.79 Å². The second kappa shape index (κ2) is 10.2. The van der Waals surface area contributed by atoms with Crippen molar-refractivity contribution in [3.63, 3.8) is 0 Å². The third-order valence-electron chi connectivity index (χ3n) is 4.92. The maximum absolute atomic E-state index is 13.2. The van der Waals surface area contributed by atoms with E-state index in [1.807, 2.05) is 61.5 Å². The molecule has 7 nitrogen and oxygen atoms in total. The highest BCUT2D eigenvalue weighted by Crippen LogP contribution is 2.38. The smallest absolute Gasteiger partial charge is 0.277 e. The van der Waals surface area contributed by atoms with Crippen LogP contribution in [-0.4, -0.2) is 30.3 Å². The van der Waals surface area contributed by atoms with Crippen LogP contribution in [0.2, 0.25) is 0 Å². The van der Waals surface area contributed by atoms with Crippen molar-refractivity contribution in [1.82, 2.24) is 10.2 Å². The lowest BCUT2D eigenvalue weighted by molar-refractivity contribution is -0.115. The van der Waals surface area contributed by atoms with E-state index >= 15 is 0 Å². The van der Waals surface area contributed by atoms with Crippen LogP contribution in [0.1, 0.15) is 16.4 Å². The fraction of sp³-hybridized carbons (Fsp3) is 0.160. The molecule has 4 aromatic rings.